The Labute approximate surface area is 116 Å². The monoisotopic (exact) mass is 376 g/mol. The van der Waals surface area contributed by atoms with Gasteiger partial charge in [0, 0.05) is 0 Å². The molecule has 1 unspecified atom stereocenters. The van der Waals surface area contributed by atoms with Gasteiger partial charge < -0.3 is 4.74 Å². The molecule has 134 valence electrons. The Morgan fingerprint density at radius 3 is 1.64 bits per heavy atom. The summed E-state index contributed by atoms with van der Waals surface area (Å²) in [5.41, 5.74) is 0. The average Bonchev–Trinajstić information content (AvgIpc) is 2.21. The lowest BCUT2D eigenvalue weighted by molar-refractivity contribution is -0.502. The lowest BCUT2D eigenvalue weighted by atomic mass is 10.5. The van der Waals surface area contributed by atoms with Crippen LogP contribution < -0.4 is 0 Å². The molecule has 0 amide bonds. The molecule has 15 heteroatoms. The fourth-order valence-corrected chi connectivity index (χ4v) is 0.555. The third-order valence-corrected chi connectivity index (χ3v) is 1.25. The van der Waals surface area contributed by atoms with Crippen molar-refractivity contribution < 1.29 is 60.8 Å². The highest BCUT2D eigenvalue weighted by Crippen LogP contribution is 2.41. The van der Waals surface area contributed by atoms with E-state index in [1.165, 1.54) is 0 Å². The molecular formula is C7H6F10O4S. The minimum atomic E-state index is -6.08. The second kappa shape index (κ2) is 7.96. The largest absolute Gasteiger partial charge is 0.478 e. The summed E-state index contributed by atoms with van der Waals surface area (Å²) in [6, 6.07) is -5.35. The third kappa shape index (κ3) is 9.78. The Balaban J connectivity index is 0. The number of hydrogen-bond donors (Lipinski definition) is 0. The topological polar surface area (TPSA) is 52.6 Å². The Hall–Kier alpha value is -1.09. The van der Waals surface area contributed by atoms with E-state index in [2.05, 4.69) is 16.1 Å². The molecular weight excluding hydrogens is 370 g/mol. The third-order valence-electron chi connectivity index (χ3n) is 1.25. The van der Waals surface area contributed by atoms with Crippen LogP contribution >= 0.6 is 0 Å². The van der Waals surface area contributed by atoms with E-state index in [1.807, 2.05) is 0 Å². The van der Waals surface area contributed by atoms with Crippen LogP contribution in [0, 0.1) is 0 Å². The second-order valence-electron chi connectivity index (χ2n) is 2.98. The summed E-state index contributed by atoms with van der Waals surface area (Å²) >= 11 is 0. The van der Waals surface area contributed by atoms with E-state index >= 15 is 0 Å². The number of hydrogen-bond acceptors (Lipinski definition) is 4. The normalized spacial score (nSPS) is 15.8. The van der Waals surface area contributed by atoms with E-state index in [0.717, 1.165) is 0 Å². The van der Waals surface area contributed by atoms with Gasteiger partial charge in [0.15, 0.2) is 0 Å². The minimum Gasteiger partial charge on any atom is -0.312 e. The molecule has 0 aliphatic carbocycles. The predicted octanol–water partition coefficient (Wildman–Crippen LogP) is 3.42. The van der Waals surface area contributed by atoms with Crippen LogP contribution in [-0.2, 0) is 20.1 Å². The number of ether oxygens (including phenoxy) is 2. The Morgan fingerprint density at radius 1 is 1.05 bits per heavy atom. The van der Waals surface area contributed by atoms with E-state index in [4.69, 9.17) is 8.42 Å². The highest BCUT2D eigenvalue weighted by Gasteiger charge is 2.66. The zero-order valence-electron chi connectivity index (χ0n) is 9.89. The summed E-state index contributed by atoms with van der Waals surface area (Å²) in [6.45, 7) is 1.66. The molecule has 0 rings (SSSR count). The second-order valence-corrected chi connectivity index (χ2v) is 3.73. The molecule has 0 heterocycles. The van der Waals surface area contributed by atoms with Crippen molar-refractivity contribution in [1.82, 2.24) is 0 Å². The summed E-state index contributed by atoms with van der Waals surface area (Å²) in [5, 5.41) is 0. The molecule has 4 nitrogen and oxygen atoms in total. The van der Waals surface area contributed by atoms with Gasteiger partial charge in [-0.2, -0.15) is 34.8 Å². The zero-order chi connectivity index (χ0) is 18.4. The minimum absolute atomic E-state index is 0.587. The van der Waals surface area contributed by atoms with Gasteiger partial charge in [0.1, 0.15) is 0 Å². The van der Waals surface area contributed by atoms with Crippen LogP contribution in [0.4, 0.5) is 42.9 Å². The fraction of sp³-hybridized carbons (Fsp3) is 0.714. The summed E-state index contributed by atoms with van der Waals surface area (Å²) < 4.78 is 139. The van der Waals surface area contributed by atoms with Gasteiger partial charge in [0.2, 0.25) is 0 Å². The molecule has 0 spiro atoms. The van der Waals surface area contributed by atoms with Crippen LogP contribution in [0.5, 0.6) is 0 Å². The first kappa shape index (κ1) is 23.2. The molecule has 0 saturated heterocycles. The van der Waals surface area contributed by atoms with Crippen molar-refractivity contribution in [2.75, 3.05) is 6.61 Å². The van der Waals surface area contributed by atoms with Gasteiger partial charge in [0.05, 0.1) is 6.61 Å². The molecule has 0 fully saturated rings. The van der Waals surface area contributed by atoms with E-state index in [9.17, 15) is 42.9 Å². The van der Waals surface area contributed by atoms with Crippen LogP contribution in [0.25, 0.3) is 0 Å². The molecule has 0 aliphatic rings. The lowest BCUT2D eigenvalue weighted by Gasteiger charge is -2.30. The fourth-order valence-electron chi connectivity index (χ4n) is 0.555. The van der Waals surface area contributed by atoms with E-state index in [1.54, 1.807) is 0 Å². The molecule has 0 radical (unpaired) electrons. The van der Waals surface area contributed by atoms with Gasteiger partial charge in [-0.3, -0.25) is 0 Å². The molecule has 1 atom stereocenters. The van der Waals surface area contributed by atoms with Crippen molar-refractivity contribution in [2.45, 2.75) is 24.8 Å². The maximum atomic E-state index is 12.9. The van der Waals surface area contributed by atoms with Gasteiger partial charge in [0.25, 0.3) is 0 Å². The predicted molar refractivity (Wildman–Crippen MR) is 49.2 cm³/mol. The van der Waals surface area contributed by atoms with Crippen LogP contribution in [0.3, 0.4) is 0 Å². The van der Waals surface area contributed by atoms with Crippen molar-refractivity contribution in [1.29, 1.82) is 0 Å². The summed E-state index contributed by atoms with van der Waals surface area (Å²) in [7, 11) is -5.67. The summed E-state index contributed by atoms with van der Waals surface area (Å²) in [5.74, 6) is 0. The number of rotatable bonds is 6. The molecule has 0 N–H and O–H groups in total. The SMILES string of the molecule is C=CCOC(F)(OC(F)(F)C(F)F)C(F)(F)F.O=S(=O)(F)F. The summed E-state index contributed by atoms with van der Waals surface area (Å²) in [6.07, 6.45) is -15.8. The van der Waals surface area contributed by atoms with Crippen molar-refractivity contribution in [3.05, 3.63) is 12.7 Å². The van der Waals surface area contributed by atoms with Crippen molar-refractivity contribution in [2.24, 2.45) is 0 Å². The molecule has 0 aromatic carbocycles. The van der Waals surface area contributed by atoms with E-state index in [0.29, 0.717) is 6.08 Å². The summed E-state index contributed by atoms with van der Waals surface area (Å²) in [4.78, 5) is 0. The molecule has 0 saturated carbocycles. The maximum absolute atomic E-state index is 12.9. The molecule has 22 heavy (non-hydrogen) atoms. The molecule has 0 aromatic rings. The smallest absolute Gasteiger partial charge is 0.312 e. The number of alkyl halides is 8. The van der Waals surface area contributed by atoms with Gasteiger partial charge in [-0.05, 0) is 0 Å². The molecule has 0 aliphatic heterocycles. The molecule has 0 aromatic heterocycles. The van der Waals surface area contributed by atoms with Crippen molar-refractivity contribution in [3.63, 3.8) is 0 Å². The van der Waals surface area contributed by atoms with Crippen molar-refractivity contribution in [3.8, 4) is 0 Å². The highest BCUT2D eigenvalue weighted by molar-refractivity contribution is 7.81. The quantitative estimate of drug-likeness (QED) is 0.309. The van der Waals surface area contributed by atoms with E-state index in [-0.39, 0.29) is 0 Å². The first-order valence-corrected chi connectivity index (χ1v) is 5.75. The van der Waals surface area contributed by atoms with Gasteiger partial charge in [-0.25, -0.2) is 13.5 Å². The van der Waals surface area contributed by atoms with Crippen LogP contribution in [0.1, 0.15) is 0 Å². The Morgan fingerprint density at radius 2 is 1.41 bits per heavy atom. The Kier molecular flexibility index (Phi) is 8.39. The zero-order valence-corrected chi connectivity index (χ0v) is 10.7. The molecule has 0 bridgehead atoms. The maximum Gasteiger partial charge on any atom is 0.478 e. The first-order chi connectivity index (χ1) is 9.46. The standard InChI is InChI=1S/C7H6F8O2.F2O2S/c1-2-3-16-7(15,6(12,13)14)17-5(10,11)4(8)9;1-5(2,3)4/h2,4H,1,3H2;. The Bertz CT molecular complexity index is 439. The van der Waals surface area contributed by atoms with Crippen LogP contribution in [0.15, 0.2) is 12.7 Å². The highest BCUT2D eigenvalue weighted by atomic mass is 32.3. The van der Waals surface area contributed by atoms with Crippen molar-refractivity contribution >= 4 is 10.6 Å². The van der Waals surface area contributed by atoms with Gasteiger partial charge in [-0.15, -0.1) is 6.58 Å². The first-order valence-electron chi connectivity index (χ1n) is 4.47. The lowest BCUT2D eigenvalue weighted by Crippen LogP contribution is -2.52. The van der Waals surface area contributed by atoms with Gasteiger partial charge in [-0.1, -0.05) is 13.8 Å². The average molecular weight is 376 g/mol. The van der Waals surface area contributed by atoms with Gasteiger partial charge >= 0.3 is 35.4 Å². The van der Waals surface area contributed by atoms with Crippen LogP contribution in [0.2, 0.25) is 0 Å². The van der Waals surface area contributed by atoms with Crippen LogP contribution in [-0.4, -0.2) is 39.8 Å². The van der Waals surface area contributed by atoms with E-state index < -0.39 is 42.0 Å². The number of halogens is 10.